The molecule has 1 N–H and O–H groups in total. The van der Waals surface area contributed by atoms with Crippen molar-refractivity contribution in [3.8, 4) is 0 Å². The molecule has 4 saturated carbocycles. The topological polar surface area (TPSA) is 37.3 Å². The standard InChI is InChI=1S/C23H33BrO2/c1-12-18-19(12)21(17(25)11-24)23(3)9-7-15-14-6-8-22(2,26)10-13(14)4-5-16(15)20(18)23/h12-16,18,20,26H,4-11H2,1-3H3/t12-,13+,14-,15+,16+,18+,20+,22+,23-/m0/s1. The molecule has 5 aliphatic carbocycles. The number of carbonyl (C=O) groups excluding carboxylic acids is 1. The van der Waals surface area contributed by atoms with E-state index in [0.29, 0.717) is 28.9 Å². The van der Waals surface area contributed by atoms with E-state index in [1.54, 1.807) is 0 Å². The maximum atomic E-state index is 12.8. The highest BCUT2D eigenvalue weighted by molar-refractivity contribution is 9.09. The maximum Gasteiger partial charge on any atom is 0.169 e. The second-order valence-electron chi connectivity index (χ2n) is 10.8. The number of ketones is 1. The summed E-state index contributed by atoms with van der Waals surface area (Å²) in [4.78, 5) is 12.8. The van der Waals surface area contributed by atoms with Crippen molar-refractivity contribution in [2.45, 2.75) is 71.3 Å². The van der Waals surface area contributed by atoms with E-state index in [0.717, 1.165) is 36.5 Å². The second kappa shape index (κ2) is 5.69. The SMILES string of the molecule is C[C@@H]1C2=C(C(=O)CBr)[C@@]3(C)CC[C@H]4[C@@H](CC[C@@H]5C[C@](C)(O)CC[C@@H]54)[C@@H]3[C@@H]21. The average molecular weight is 421 g/mol. The van der Waals surface area contributed by atoms with E-state index in [1.165, 1.54) is 43.3 Å². The molecule has 5 rings (SSSR count). The lowest BCUT2D eigenvalue weighted by Crippen LogP contribution is -2.51. The maximum absolute atomic E-state index is 12.8. The van der Waals surface area contributed by atoms with Gasteiger partial charge in [0.2, 0.25) is 0 Å². The minimum absolute atomic E-state index is 0.144. The summed E-state index contributed by atoms with van der Waals surface area (Å²) in [7, 11) is 0. The van der Waals surface area contributed by atoms with E-state index in [4.69, 9.17) is 0 Å². The van der Waals surface area contributed by atoms with E-state index >= 15 is 0 Å². The summed E-state index contributed by atoms with van der Waals surface area (Å²) in [5.74, 6) is 5.64. The first kappa shape index (κ1) is 17.9. The van der Waals surface area contributed by atoms with Crippen molar-refractivity contribution in [1.29, 1.82) is 0 Å². The molecular weight excluding hydrogens is 388 g/mol. The second-order valence-corrected chi connectivity index (χ2v) is 11.3. The zero-order valence-corrected chi connectivity index (χ0v) is 18.0. The molecule has 4 fully saturated rings. The van der Waals surface area contributed by atoms with Crippen LogP contribution in [0.25, 0.3) is 0 Å². The normalized spacial score (nSPS) is 54.9. The lowest BCUT2D eigenvalue weighted by Gasteiger charge is -2.57. The lowest BCUT2D eigenvalue weighted by molar-refractivity contribution is -0.118. The number of halogens is 1. The zero-order valence-electron chi connectivity index (χ0n) is 16.4. The van der Waals surface area contributed by atoms with Crippen LogP contribution in [0.1, 0.15) is 65.7 Å². The van der Waals surface area contributed by atoms with Crippen molar-refractivity contribution in [3.05, 3.63) is 11.1 Å². The van der Waals surface area contributed by atoms with E-state index in [2.05, 4.69) is 29.8 Å². The van der Waals surface area contributed by atoms with Gasteiger partial charge in [-0.15, -0.1) is 0 Å². The highest BCUT2D eigenvalue weighted by atomic mass is 79.9. The molecule has 9 atom stereocenters. The molecule has 0 aliphatic heterocycles. The van der Waals surface area contributed by atoms with Gasteiger partial charge < -0.3 is 5.11 Å². The fourth-order valence-electron chi connectivity index (χ4n) is 8.48. The van der Waals surface area contributed by atoms with Gasteiger partial charge in [0.15, 0.2) is 5.78 Å². The molecule has 26 heavy (non-hydrogen) atoms. The van der Waals surface area contributed by atoms with Crippen LogP contribution in [0.2, 0.25) is 0 Å². The minimum Gasteiger partial charge on any atom is -0.390 e. The Morgan fingerprint density at radius 1 is 1.12 bits per heavy atom. The summed E-state index contributed by atoms with van der Waals surface area (Å²) in [5, 5.41) is 11.0. The molecule has 0 aromatic heterocycles. The largest absolute Gasteiger partial charge is 0.390 e. The molecule has 0 spiro atoms. The minimum atomic E-state index is -0.431. The molecule has 0 bridgehead atoms. The van der Waals surface area contributed by atoms with Gasteiger partial charge in [-0.05, 0) is 98.7 Å². The van der Waals surface area contributed by atoms with Gasteiger partial charge in [0, 0.05) is 5.57 Å². The summed E-state index contributed by atoms with van der Waals surface area (Å²) in [6, 6.07) is 0. The van der Waals surface area contributed by atoms with Crippen LogP contribution in [0.15, 0.2) is 11.1 Å². The van der Waals surface area contributed by atoms with E-state index in [9.17, 15) is 9.90 Å². The Kier molecular flexibility index (Phi) is 3.92. The number of fused-ring (bicyclic) bond motifs is 7. The number of hydrogen-bond acceptors (Lipinski definition) is 2. The van der Waals surface area contributed by atoms with Crippen molar-refractivity contribution in [1.82, 2.24) is 0 Å². The number of alkyl halides is 1. The Bertz CT molecular complexity index is 680. The van der Waals surface area contributed by atoms with Crippen molar-refractivity contribution in [2.24, 2.45) is 46.8 Å². The fraction of sp³-hybridized carbons (Fsp3) is 0.870. The molecule has 0 aromatic rings. The predicted octanol–water partition coefficient (Wildman–Crippen LogP) is 5.14. The third-order valence-electron chi connectivity index (χ3n) is 9.41. The van der Waals surface area contributed by atoms with Crippen LogP contribution >= 0.6 is 15.9 Å². The van der Waals surface area contributed by atoms with Gasteiger partial charge in [-0.25, -0.2) is 0 Å². The number of carbonyl (C=O) groups is 1. The Labute approximate surface area is 166 Å². The molecular formula is C23H33BrO2. The number of Topliss-reactive ketones (excluding diaryl/α,β-unsaturated/α-hetero) is 1. The van der Waals surface area contributed by atoms with Crippen molar-refractivity contribution in [3.63, 3.8) is 0 Å². The summed E-state index contributed by atoms with van der Waals surface area (Å²) in [6.07, 6.45) is 8.35. The van der Waals surface area contributed by atoms with E-state index < -0.39 is 5.60 Å². The van der Waals surface area contributed by atoms with Crippen LogP contribution < -0.4 is 0 Å². The third kappa shape index (κ3) is 2.28. The Morgan fingerprint density at radius 2 is 1.85 bits per heavy atom. The smallest absolute Gasteiger partial charge is 0.169 e. The average Bonchev–Trinajstić information content (AvgIpc) is 3.11. The van der Waals surface area contributed by atoms with Crippen LogP contribution in [0.3, 0.4) is 0 Å². The molecule has 144 valence electrons. The number of hydrogen-bond donors (Lipinski definition) is 1. The number of aliphatic hydroxyl groups is 1. The summed E-state index contributed by atoms with van der Waals surface area (Å²) >= 11 is 3.45. The predicted molar refractivity (Wildman–Crippen MR) is 107 cm³/mol. The van der Waals surface area contributed by atoms with Gasteiger partial charge in [0.05, 0.1) is 10.9 Å². The van der Waals surface area contributed by atoms with Crippen LogP contribution in [0, 0.1) is 46.8 Å². The quantitative estimate of drug-likeness (QED) is 0.628. The first-order valence-electron chi connectivity index (χ1n) is 10.8. The van der Waals surface area contributed by atoms with Gasteiger partial charge >= 0.3 is 0 Å². The summed E-state index contributed by atoms with van der Waals surface area (Å²) < 4.78 is 0. The Balaban J connectivity index is 1.45. The lowest BCUT2D eigenvalue weighted by atomic mass is 9.48. The molecule has 5 aliphatic rings. The monoisotopic (exact) mass is 420 g/mol. The molecule has 3 heteroatoms. The zero-order chi connectivity index (χ0) is 18.4. The Hall–Kier alpha value is -0.150. The van der Waals surface area contributed by atoms with Crippen LogP contribution in [-0.4, -0.2) is 21.8 Å². The molecule has 2 nitrogen and oxygen atoms in total. The van der Waals surface area contributed by atoms with Crippen LogP contribution in [0.4, 0.5) is 0 Å². The van der Waals surface area contributed by atoms with Gasteiger partial charge in [-0.1, -0.05) is 35.4 Å². The van der Waals surface area contributed by atoms with E-state index in [-0.39, 0.29) is 5.41 Å². The van der Waals surface area contributed by atoms with Crippen molar-refractivity contribution < 1.29 is 9.90 Å². The van der Waals surface area contributed by atoms with Gasteiger partial charge in [-0.2, -0.15) is 0 Å². The van der Waals surface area contributed by atoms with Crippen molar-refractivity contribution >= 4 is 21.7 Å². The summed E-state index contributed by atoms with van der Waals surface area (Å²) in [6.45, 7) is 6.83. The number of rotatable bonds is 2. The van der Waals surface area contributed by atoms with E-state index in [1.807, 2.05) is 6.92 Å². The molecule has 0 aromatic carbocycles. The number of allylic oxidation sites excluding steroid dienone is 2. The molecule has 0 unspecified atom stereocenters. The molecule has 0 saturated heterocycles. The van der Waals surface area contributed by atoms with Gasteiger partial charge in [0.1, 0.15) is 0 Å². The van der Waals surface area contributed by atoms with Crippen molar-refractivity contribution in [2.75, 3.05) is 5.33 Å². The highest BCUT2D eigenvalue weighted by Crippen LogP contribution is 2.74. The van der Waals surface area contributed by atoms with Gasteiger partial charge in [0.25, 0.3) is 0 Å². The first-order chi connectivity index (χ1) is 12.3. The summed E-state index contributed by atoms with van der Waals surface area (Å²) in [5.41, 5.74) is 2.49. The van der Waals surface area contributed by atoms with Crippen LogP contribution in [0.5, 0.6) is 0 Å². The van der Waals surface area contributed by atoms with Crippen LogP contribution in [-0.2, 0) is 4.79 Å². The highest BCUT2D eigenvalue weighted by Gasteiger charge is 2.67. The molecule has 0 amide bonds. The fourth-order valence-corrected chi connectivity index (χ4v) is 8.76. The molecule has 0 heterocycles. The first-order valence-corrected chi connectivity index (χ1v) is 12.0. The Morgan fingerprint density at radius 3 is 2.58 bits per heavy atom. The molecule has 0 radical (unpaired) electrons. The van der Waals surface area contributed by atoms with Gasteiger partial charge in [-0.3, -0.25) is 4.79 Å². The third-order valence-corrected chi connectivity index (χ3v) is 9.92.